The van der Waals surface area contributed by atoms with Gasteiger partial charge in [-0.1, -0.05) is 37.3 Å². The van der Waals surface area contributed by atoms with Gasteiger partial charge in [-0.05, 0) is 18.4 Å². The molecular formula is C21H28N4O. The first-order valence-corrected chi connectivity index (χ1v) is 9.71. The van der Waals surface area contributed by atoms with Crippen molar-refractivity contribution in [1.82, 2.24) is 19.8 Å². The number of nitrogens with zero attached hydrogens (tertiary/aromatic N) is 4. The number of hydrogen-bond acceptors (Lipinski definition) is 5. The van der Waals surface area contributed by atoms with Gasteiger partial charge in [0.2, 0.25) is 0 Å². The van der Waals surface area contributed by atoms with Crippen LogP contribution >= 0.6 is 0 Å². The van der Waals surface area contributed by atoms with Crippen molar-refractivity contribution >= 4 is 0 Å². The number of aromatic nitrogens is 2. The number of rotatable bonds is 5. The fraction of sp³-hybridized carbons (Fsp3) is 0.524. The standard InChI is InChI=1S/C21H28N4O/c1-2-21-22-10-17(11-23-21)12-24-14-19-9-20(26)15-25(19)13-18(24)8-16-6-4-3-5-7-16/h3-7,10-11,18-20,26H,2,8-9,12-15H2,1H3/t18-,19-,20+/m0/s1. The Morgan fingerprint density at radius 2 is 1.81 bits per heavy atom. The number of aliphatic hydroxyl groups excluding tert-OH is 1. The van der Waals surface area contributed by atoms with E-state index in [1.807, 2.05) is 12.4 Å². The van der Waals surface area contributed by atoms with E-state index in [-0.39, 0.29) is 6.10 Å². The lowest BCUT2D eigenvalue weighted by atomic mass is 9.99. The third-order valence-electron chi connectivity index (χ3n) is 5.69. The van der Waals surface area contributed by atoms with Crippen LogP contribution in [-0.4, -0.2) is 62.7 Å². The average Bonchev–Trinajstić information content (AvgIpc) is 3.02. The summed E-state index contributed by atoms with van der Waals surface area (Å²) >= 11 is 0. The third-order valence-corrected chi connectivity index (χ3v) is 5.69. The van der Waals surface area contributed by atoms with Crippen LogP contribution in [0.15, 0.2) is 42.7 Å². The molecule has 1 aromatic carbocycles. The number of aryl methyl sites for hydroxylation is 1. The topological polar surface area (TPSA) is 52.5 Å². The second-order valence-electron chi connectivity index (χ2n) is 7.63. The zero-order valence-corrected chi connectivity index (χ0v) is 15.5. The molecule has 0 amide bonds. The van der Waals surface area contributed by atoms with Crippen molar-refractivity contribution < 1.29 is 5.11 Å². The molecule has 0 spiro atoms. The summed E-state index contributed by atoms with van der Waals surface area (Å²) in [6.45, 7) is 5.80. The molecule has 1 N–H and O–H groups in total. The minimum atomic E-state index is -0.176. The fourth-order valence-electron chi connectivity index (χ4n) is 4.33. The Balaban J connectivity index is 1.51. The van der Waals surface area contributed by atoms with Crippen molar-refractivity contribution in [1.29, 1.82) is 0 Å². The van der Waals surface area contributed by atoms with Gasteiger partial charge in [0.15, 0.2) is 0 Å². The van der Waals surface area contributed by atoms with Crippen molar-refractivity contribution in [2.24, 2.45) is 0 Å². The Labute approximate surface area is 155 Å². The molecule has 2 saturated heterocycles. The van der Waals surface area contributed by atoms with E-state index >= 15 is 0 Å². The molecule has 0 bridgehead atoms. The highest BCUT2D eigenvalue weighted by Crippen LogP contribution is 2.27. The minimum absolute atomic E-state index is 0.176. The average molecular weight is 352 g/mol. The lowest BCUT2D eigenvalue weighted by Crippen LogP contribution is -2.56. The smallest absolute Gasteiger partial charge is 0.127 e. The Morgan fingerprint density at radius 3 is 2.54 bits per heavy atom. The van der Waals surface area contributed by atoms with Gasteiger partial charge < -0.3 is 5.11 Å². The van der Waals surface area contributed by atoms with Crippen molar-refractivity contribution in [3.8, 4) is 0 Å². The highest BCUT2D eigenvalue weighted by molar-refractivity contribution is 5.17. The molecular weight excluding hydrogens is 324 g/mol. The Morgan fingerprint density at radius 1 is 1.04 bits per heavy atom. The summed E-state index contributed by atoms with van der Waals surface area (Å²) in [6.07, 6.45) is 6.57. The van der Waals surface area contributed by atoms with Gasteiger partial charge in [0.05, 0.1) is 6.10 Å². The Kier molecular flexibility index (Phi) is 5.29. The summed E-state index contributed by atoms with van der Waals surface area (Å²) in [6, 6.07) is 11.6. The molecule has 2 aliphatic rings. The van der Waals surface area contributed by atoms with Crippen LogP contribution in [0.2, 0.25) is 0 Å². The fourth-order valence-corrected chi connectivity index (χ4v) is 4.33. The van der Waals surface area contributed by atoms with E-state index in [0.717, 1.165) is 51.3 Å². The van der Waals surface area contributed by atoms with Crippen LogP contribution < -0.4 is 0 Å². The van der Waals surface area contributed by atoms with Gasteiger partial charge in [0.25, 0.3) is 0 Å². The van der Waals surface area contributed by atoms with Crippen LogP contribution in [0, 0.1) is 0 Å². The van der Waals surface area contributed by atoms with Crippen LogP contribution in [0.1, 0.15) is 30.3 Å². The van der Waals surface area contributed by atoms with E-state index in [4.69, 9.17) is 0 Å². The molecule has 26 heavy (non-hydrogen) atoms. The van der Waals surface area contributed by atoms with E-state index in [9.17, 15) is 5.11 Å². The monoisotopic (exact) mass is 352 g/mol. The van der Waals surface area contributed by atoms with E-state index in [1.165, 1.54) is 11.1 Å². The SMILES string of the molecule is CCc1ncc(CN2C[C@@H]3C[C@@H](O)CN3C[C@@H]2Cc2ccccc2)cn1. The summed E-state index contributed by atoms with van der Waals surface area (Å²) < 4.78 is 0. The minimum Gasteiger partial charge on any atom is -0.392 e. The highest BCUT2D eigenvalue weighted by Gasteiger charge is 2.39. The van der Waals surface area contributed by atoms with Crippen molar-refractivity contribution in [3.05, 3.63) is 59.7 Å². The van der Waals surface area contributed by atoms with Gasteiger partial charge in [-0.2, -0.15) is 0 Å². The first kappa shape index (κ1) is 17.6. The Bertz CT molecular complexity index is 706. The van der Waals surface area contributed by atoms with Crippen molar-refractivity contribution in [2.75, 3.05) is 19.6 Å². The maximum Gasteiger partial charge on any atom is 0.127 e. The van der Waals surface area contributed by atoms with E-state index in [1.54, 1.807) is 0 Å². The molecule has 1 aromatic heterocycles. The molecule has 2 fully saturated rings. The number of fused-ring (bicyclic) bond motifs is 1. The Hall–Kier alpha value is -1.82. The van der Waals surface area contributed by atoms with Crippen LogP contribution in [0.4, 0.5) is 0 Å². The molecule has 0 unspecified atom stereocenters. The lowest BCUT2D eigenvalue weighted by molar-refractivity contribution is 0.0443. The predicted molar refractivity (Wildman–Crippen MR) is 102 cm³/mol. The normalized spacial score (nSPS) is 26.8. The molecule has 5 heteroatoms. The number of hydrogen-bond donors (Lipinski definition) is 1. The quantitative estimate of drug-likeness (QED) is 0.891. The summed E-state index contributed by atoms with van der Waals surface area (Å²) in [5.74, 6) is 0.901. The third kappa shape index (κ3) is 3.95. The summed E-state index contributed by atoms with van der Waals surface area (Å²) in [5, 5.41) is 10.1. The van der Waals surface area contributed by atoms with Gasteiger partial charge in [-0.15, -0.1) is 0 Å². The van der Waals surface area contributed by atoms with Crippen LogP contribution in [-0.2, 0) is 19.4 Å². The van der Waals surface area contributed by atoms with Gasteiger partial charge >= 0.3 is 0 Å². The summed E-state index contributed by atoms with van der Waals surface area (Å²) in [4.78, 5) is 14.0. The zero-order chi connectivity index (χ0) is 17.9. The maximum atomic E-state index is 10.1. The molecule has 3 heterocycles. The highest BCUT2D eigenvalue weighted by atomic mass is 16.3. The molecule has 2 aromatic rings. The zero-order valence-electron chi connectivity index (χ0n) is 15.5. The number of piperazine rings is 1. The van der Waals surface area contributed by atoms with Gasteiger partial charge in [0, 0.05) is 62.6 Å². The summed E-state index contributed by atoms with van der Waals surface area (Å²) in [7, 11) is 0. The molecule has 0 radical (unpaired) electrons. The van der Waals surface area contributed by atoms with Crippen LogP contribution in [0.5, 0.6) is 0 Å². The van der Waals surface area contributed by atoms with E-state index < -0.39 is 0 Å². The number of benzene rings is 1. The molecule has 3 atom stereocenters. The second-order valence-corrected chi connectivity index (χ2v) is 7.63. The second kappa shape index (κ2) is 7.82. The predicted octanol–water partition coefficient (Wildman–Crippen LogP) is 1.90. The van der Waals surface area contributed by atoms with Gasteiger partial charge in [-0.25, -0.2) is 9.97 Å². The van der Waals surface area contributed by atoms with Gasteiger partial charge in [-0.3, -0.25) is 9.80 Å². The van der Waals surface area contributed by atoms with E-state index in [0.29, 0.717) is 12.1 Å². The maximum absolute atomic E-state index is 10.1. The van der Waals surface area contributed by atoms with Crippen molar-refractivity contribution in [3.63, 3.8) is 0 Å². The molecule has 2 aliphatic heterocycles. The van der Waals surface area contributed by atoms with Crippen LogP contribution in [0.25, 0.3) is 0 Å². The number of aliphatic hydroxyl groups is 1. The molecule has 0 saturated carbocycles. The molecule has 138 valence electrons. The van der Waals surface area contributed by atoms with Gasteiger partial charge in [0.1, 0.15) is 5.82 Å². The molecule has 5 nitrogen and oxygen atoms in total. The first-order valence-electron chi connectivity index (χ1n) is 9.71. The van der Waals surface area contributed by atoms with Crippen LogP contribution in [0.3, 0.4) is 0 Å². The molecule has 0 aliphatic carbocycles. The lowest BCUT2D eigenvalue weighted by Gasteiger charge is -2.43. The molecule has 4 rings (SSSR count). The largest absolute Gasteiger partial charge is 0.392 e. The van der Waals surface area contributed by atoms with Crippen molar-refractivity contribution in [2.45, 2.75) is 50.9 Å². The first-order chi connectivity index (χ1) is 12.7. The summed E-state index contributed by atoms with van der Waals surface area (Å²) in [5.41, 5.74) is 2.55. The van der Waals surface area contributed by atoms with E-state index in [2.05, 4.69) is 57.0 Å².